The van der Waals surface area contributed by atoms with Crippen LogP contribution in [-0.4, -0.2) is 55.7 Å². The number of carbonyl (C=O) groups is 3. The summed E-state index contributed by atoms with van der Waals surface area (Å²) in [6.07, 6.45) is -2.56. The van der Waals surface area contributed by atoms with Crippen LogP contribution in [0.2, 0.25) is 0 Å². The van der Waals surface area contributed by atoms with E-state index in [-0.39, 0.29) is 30.0 Å². The molecule has 1 saturated carbocycles. The number of ether oxygens (including phenoxy) is 1. The molecule has 9 nitrogen and oxygen atoms in total. The number of hydrogen-bond donors (Lipinski definition) is 1. The van der Waals surface area contributed by atoms with Crippen molar-refractivity contribution in [2.24, 2.45) is 5.92 Å². The maximum absolute atomic E-state index is 14.5. The van der Waals surface area contributed by atoms with Gasteiger partial charge in [0.15, 0.2) is 23.0 Å². The quantitative estimate of drug-likeness (QED) is 0.407. The van der Waals surface area contributed by atoms with E-state index in [2.05, 4.69) is 20.1 Å². The number of carbonyl (C=O) groups excluding carboxylic acids is 3. The number of rotatable bonds is 6. The number of piperidine rings is 1. The first-order chi connectivity index (χ1) is 17.0. The van der Waals surface area contributed by atoms with Gasteiger partial charge in [-0.25, -0.2) is 14.1 Å². The number of Topliss-reactive ketones (excluding diaryl/α,β-unsaturated/α-hetero) is 1. The summed E-state index contributed by atoms with van der Waals surface area (Å²) < 4.78 is 57.0. The number of alkyl halides is 3. The topological polar surface area (TPSA) is 106 Å². The summed E-state index contributed by atoms with van der Waals surface area (Å²) in [5.74, 6) is -3.84. The van der Waals surface area contributed by atoms with Crippen molar-refractivity contribution in [1.29, 1.82) is 0 Å². The molecule has 0 spiro atoms. The minimum absolute atomic E-state index is 0.0923. The summed E-state index contributed by atoms with van der Waals surface area (Å²) in [6.45, 7) is 1.07. The molecule has 0 unspecified atom stereocenters. The van der Waals surface area contributed by atoms with Crippen LogP contribution in [0.3, 0.4) is 0 Å². The van der Waals surface area contributed by atoms with Gasteiger partial charge >= 0.3 is 6.36 Å². The Bertz CT molecular complexity index is 1390. The van der Waals surface area contributed by atoms with E-state index in [0.29, 0.717) is 23.9 Å². The molecule has 3 heterocycles. The molecule has 2 aromatic heterocycles. The predicted molar refractivity (Wildman–Crippen MR) is 116 cm³/mol. The van der Waals surface area contributed by atoms with Crippen molar-refractivity contribution < 1.29 is 36.7 Å². The molecular weight excluding hydrogens is 486 g/mol. The van der Waals surface area contributed by atoms with E-state index in [0.717, 1.165) is 18.2 Å². The lowest BCUT2D eigenvalue weighted by Crippen LogP contribution is -2.46. The van der Waals surface area contributed by atoms with Crippen molar-refractivity contribution in [3.05, 3.63) is 48.0 Å². The molecule has 0 radical (unpaired) electrons. The number of nitrogens with one attached hydrogen (secondary N) is 1. The molecule has 36 heavy (non-hydrogen) atoms. The molecular formula is C23H19F4N5O4. The fourth-order valence-corrected chi connectivity index (χ4v) is 4.67. The van der Waals surface area contributed by atoms with Crippen LogP contribution < -0.4 is 10.1 Å². The third-order valence-electron chi connectivity index (χ3n) is 6.27. The smallest absolute Gasteiger partial charge is 0.403 e. The van der Waals surface area contributed by atoms with Crippen LogP contribution in [0.4, 0.5) is 23.2 Å². The molecule has 188 valence electrons. The average molecular weight is 505 g/mol. The zero-order valence-electron chi connectivity index (χ0n) is 18.8. The number of ketones is 1. The highest BCUT2D eigenvalue weighted by molar-refractivity contribution is 6.04. The van der Waals surface area contributed by atoms with Crippen molar-refractivity contribution in [3.63, 3.8) is 0 Å². The number of nitrogens with zero attached hydrogens (tertiary/aromatic N) is 4. The summed E-state index contributed by atoms with van der Waals surface area (Å²) >= 11 is 0. The lowest BCUT2D eigenvalue weighted by Gasteiger charge is -2.27. The Morgan fingerprint density at radius 1 is 1.17 bits per heavy atom. The number of aromatic nitrogens is 3. The molecule has 1 aliphatic heterocycles. The second kappa shape index (κ2) is 8.57. The number of amides is 2. The van der Waals surface area contributed by atoms with Gasteiger partial charge in [-0.05, 0) is 43.0 Å². The fraction of sp³-hybridized carbons (Fsp3) is 0.348. The number of halogens is 4. The molecule has 1 aliphatic carbocycles. The van der Waals surface area contributed by atoms with Crippen molar-refractivity contribution in [1.82, 2.24) is 19.7 Å². The zero-order chi connectivity index (χ0) is 25.8. The summed E-state index contributed by atoms with van der Waals surface area (Å²) in [4.78, 5) is 43.8. The van der Waals surface area contributed by atoms with Gasteiger partial charge in [-0.2, -0.15) is 5.10 Å². The van der Waals surface area contributed by atoms with Gasteiger partial charge in [-0.1, -0.05) is 6.07 Å². The molecule has 13 heteroatoms. The highest BCUT2D eigenvalue weighted by Crippen LogP contribution is 2.48. The first-order valence-electron chi connectivity index (χ1n) is 11.0. The fourth-order valence-electron chi connectivity index (χ4n) is 4.67. The van der Waals surface area contributed by atoms with Crippen LogP contribution in [0.5, 0.6) is 5.75 Å². The van der Waals surface area contributed by atoms with Crippen LogP contribution in [0, 0.1) is 11.7 Å². The molecule has 1 N–H and O–H groups in total. The molecule has 3 atom stereocenters. The number of anilines is 1. The summed E-state index contributed by atoms with van der Waals surface area (Å²) in [5.41, 5.74) is 0.0117. The van der Waals surface area contributed by atoms with E-state index in [1.54, 1.807) is 12.1 Å². The third-order valence-corrected chi connectivity index (χ3v) is 6.27. The van der Waals surface area contributed by atoms with E-state index in [9.17, 15) is 31.9 Å². The lowest BCUT2D eigenvalue weighted by atomic mass is 10.1. The van der Waals surface area contributed by atoms with E-state index in [4.69, 9.17) is 0 Å². The SMILES string of the molecule is CC(=O)c1nn(CC(=O)N2[C@@H]3C[C@@H]3C[C@H]2C(=O)Nc2cccc(OC(F)(F)F)c2F)c2ncccc12. The first-order valence-corrected chi connectivity index (χ1v) is 11.0. The van der Waals surface area contributed by atoms with Gasteiger partial charge in [-0.3, -0.25) is 14.4 Å². The maximum Gasteiger partial charge on any atom is 0.573 e. The van der Waals surface area contributed by atoms with Crippen molar-refractivity contribution >= 4 is 34.3 Å². The van der Waals surface area contributed by atoms with Gasteiger partial charge in [0, 0.05) is 19.2 Å². The standard InChI is InChI=1S/C23H19F4N5O4/c1-11(33)20-13-4-3-7-28-21(13)31(30-20)10-18(34)32-15-8-12(15)9-16(32)22(35)29-14-5-2-6-17(19(14)24)36-23(25,26)27/h2-7,12,15-16H,8-10H2,1H3,(H,29,35)/t12-,15-,16+/m1/s1. The van der Waals surface area contributed by atoms with Crippen LogP contribution in [0.15, 0.2) is 36.5 Å². The van der Waals surface area contributed by atoms with Crippen molar-refractivity contribution in [3.8, 4) is 5.75 Å². The average Bonchev–Trinajstić information content (AvgIpc) is 3.31. The van der Waals surface area contributed by atoms with Gasteiger partial charge < -0.3 is 15.0 Å². The zero-order valence-corrected chi connectivity index (χ0v) is 18.8. The van der Waals surface area contributed by atoms with Gasteiger partial charge in [-0.15, -0.1) is 13.2 Å². The molecule has 0 bridgehead atoms. The molecule has 1 saturated heterocycles. The Hall–Kier alpha value is -4.03. The minimum Gasteiger partial charge on any atom is -0.403 e. The van der Waals surface area contributed by atoms with E-state index in [1.807, 2.05) is 0 Å². The van der Waals surface area contributed by atoms with Crippen LogP contribution in [-0.2, 0) is 16.1 Å². The monoisotopic (exact) mass is 505 g/mol. The third kappa shape index (κ3) is 4.36. The number of likely N-dealkylation sites (tertiary alicyclic amines) is 1. The first kappa shape index (κ1) is 23.7. The van der Waals surface area contributed by atoms with Crippen LogP contribution >= 0.6 is 0 Å². The predicted octanol–water partition coefficient (Wildman–Crippen LogP) is 3.30. The van der Waals surface area contributed by atoms with E-state index >= 15 is 0 Å². The second-order valence-electron chi connectivity index (χ2n) is 8.71. The lowest BCUT2D eigenvalue weighted by molar-refractivity contribution is -0.275. The Morgan fingerprint density at radius 2 is 1.94 bits per heavy atom. The van der Waals surface area contributed by atoms with Crippen molar-refractivity contribution in [2.75, 3.05) is 5.32 Å². The summed E-state index contributed by atoms with van der Waals surface area (Å²) in [5, 5.41) is 7.01. The van der Waals surface area contributed by atoms with Gasteiger partial charge in [0.25, 0.3) is 0 Å². The second-order valence-corrected chi connectivity index (χ2v) is 8.71. The number of fused-ring (bicyclic) bond motifs is 2. The molecule has 1 aromatic carbocycles. The number of benzene rings is 1. The Balaban J connectivity index is 1.35. The molecule has 2 fully saturated rings. The Labute approximate surface area is 201 Å². The van der Waals surface area contributed by atoms with Crippen LogP contribution in [0.25, 0.3) is 11.0 Å². The van der Waals surface area contributed by atoms with Crippen molar-refractivity contribution in [2.45, 2.75) is 44.8 Å². The summed E-state index contributed by atoms with van der Waals surface area (Å²) in [7, 11) is 0. The van der Waals surface area contributed by atoms with Crippen LogP contribution in [0.1, 0.15) is 30.3 Å². The van der Waals surface area contributed by atoms with Gasteiger partial charge in [0.2, 0.25) is 11.8 Å². The Kier molecular flexibility index (Phi) is 5.64. The molecule has 2 aliphatic rings. The largest absolute Gasteiger partial charge is 0.573 e. The minimum atomic E-state index is -5.10. The molecule has 5 rings (SSSR count). The number of pyridine rings is 1. The van der Waals surface area contributed by atoms with Gasteiger partial charge in [0.1, 0.15) is 18.3 Å². The van der Waals surface area contributed by atoms with Gasteiger partial charge in [0.05, 0.1) is 11.1 Å². The normalized spacial score (nSPS) is 20.8. The van der Waals surface area contributed by atoms with E-state index in [1.165, 1.54) is 22.7 Å². The molecule has 2 amide bonds. The summed E-state index contributed by atoms with van der Waals surface area (Å²) in [6, 6.07) is 5.18. The molecule has 3 aromatic rings. The maximum atomic E-state index is 14.5. The number of hydrogen-bond acceptors (Lipinski definition) is 6. The Morgan fingerprint density at radius 3 is 2.67 bits per heavy atom. The van der Waals surface area contributed by atoms with E-state index < -0.39 is 41.5 Å². The highest BCUT2D eigenvalue weighted by Gasteiger charge is 2.56. The highest BCUT2D eigenvalue weighted by atomic mass is 19.4.